The number of anilines is 3. The van der Waals surface area contributed by atoms with Crippen LogP contribution in [0.2, 0.25) is 0 Å². The van der Waals surface area contributed by atoms with Crippen LogP contribution >= 0.6 is 0 Å². The summed E-state index contributed by atoms with van der Waals surface area (Å²) < 4.78 is 31.1. The zero-order valence-electron chi connectivity index (χ0n) is 14.6. The lowest BCUT2D eigenvalue weighted by Crippen LogP contribution is -2.14. The van der Waals surface area contributed by atoms with Crippen molar-refractivity contribution >= 4 is 29.2 Å². The molecule has 0 fully saturated rings. The fourth-order valence-corrected chi connectivity index (χ4v) is 2.23. The normalized spacial score (nSPS) is 10.2. The van der Waals surface area contributed by atoms with Gasteiger partial charge < -0.3 is 15.4 Å². The number of amides is 1. The summed E-state index contributed by atoms with van der Waals surface area (Å²) in [7, 11) is 1.30. The first-order valence-electron chi connectivity index (χ1n) is 8.00. The molecular formula is C19H14F2N4O3. The second-order valence-electron chi connectivity index (χ2n) is 5.57. The molecule has 28 heavy (non-hydrogen) atoms. The predicted molar refractivity (Wildman–Crippen MR) is 97.4 cm³/mol. The topological polar surface area (TPSA) is 93.2 Å². The van der Waals surface area contributed by atoms with Crippen LogP contribution < -0.4 is 10.6 Å². The van der Waals surface area contributed by atoms with Crippen LogP contribution in [-0.4, -0.2) is 29.0 Å². The van der Waals surface area contributed by atoms with Crippen molar-refractivity contribution in [3.63, 3.8) is 0 Å². The molecule has 3 aromatic rings. The Bertz CT molecular complexity index is 1010. The molecule has 7 nitrogen and oxygen atoms in total. The Kier molecular flexibility index (Phi) is 5.54. The van der Waals surface area contributed by atoms with E-state index < -0.39 is 23.5 Å². The van der Waals surface area contributed by atoms with Crippen molar-refractivity contribution in [2.45, 2.75) is 0 Å². The first kappa shape index (κ1) is 18.9. The maximum absolute atomic E-state index is 13.6. The summed E-state index contributed by atoms with van der Waals surface area (Å²) in [5, 5.41) is 5.23. The number of hydrogen-bond donors (Lipinski definition) is 2. The molecule has 1 heterocycles. The van der Waals surface area contributed by atoms with Gasteiger partial charge in [0.2, 0.25) is 5.95 Å². The number of carbonyl (C=O) groups is 2. The highest BCUT2D eigenvalue weighted by Gasteiger charge is 2.11. The average Bonchev–Trinajstić information content (AvgIpc) is 2.70. The Hall–Kier alpha value is -3.88. The summed E-state index contributed by atoms with van der Waals surface area (Å²) in [5.41, 5.74) is 0.960. The summed E-state index contributed by atoms with van der Waals surface area (Å²) in [6.07, 6.45) is 2.52. The molecule has 0 bridgehead atoms. The van der Waals surface area contributed by atoms with Gasteiger partial charge in [-0.3, -0.25) is 4.79 Å². The van der Waals surface area contributed by atoms with Crippen LogP contribution in [0.25, 0.3) is 0 Å². The van der Waals surface area contributed by atoms with Gasteiger partial charge >= 0.3 is 5.97 Å². The van der Waals surface area contributed by atoms with Crippen LogP contribution in [-0.2, 0) is 4.74 Å². The van der Waals surface area contributed by atoms with E-state index in [0.29, 0.717) is 17.3 Å². The van der Waals surface area contributed by atoms with E-state index in [1.807, 2.05) is 0 Å². The van der Waals surface area contributed by atoms with E-state index in [2.05, 4.69) is 25.3 Å². The highest BCUT2D eigenvalue weighted by molar-refractivity contribution is 6.04. The van der Waals surface area contributed by atoms with Gasteiger partial charge in [-0.05, 0) is 36.4 Å². The summed E-state index contributed by atoms with van der Waals surface area (Å²) in [4.78, 5) is 31.6. The lowest BCUT2D eigenvalue weighted by Gasteiger charge is -2.08. The molecule has 1 amide bonds. The van der Waals surface area contributed by atoms with Gasteiger partial charge in [-0.25, -0.2) is 23.5 Å². The van der Waals surface area contributed by atoms with Crippen LogP contribution in [0.5, 0.6) is 0 Å². The summed E-state index contributed by atoms with van der Waals surface area (Å²) in [6.45, 7) is 0. The van der Waals surface area contributed by atoms with Crippen molar-refractivity contribution < 1.29 is 23.1 Å². The highest BCUT2D eigenvalue weighted by atomic mass is 19.1. The molecule has 0 saturated heterocycles. The minimum absolute atomic E-state index is 0.0929. The number of nitrogens with zero attached hydrogens (tertiary/aromatic N) is 2. The highest BCUT2D eigenvalue weighted by Crippen LogP contribution is 2.17. The predicted octanol–water partition coefficient (Wildman–Crippen LogP) is 3.54. The SMILES string of the molecule is COC(=O)c1ccc(Nc2ncc(C(=O)Nc3ccc(F)cc3F)cn2)cc1. The van der Waals surface area contributed by atoms with Crippen molar-refractivity contribution in [1.29, 1.82) is 0 Å². The number of benzene rings is 2. The third kappa shape index (κ3) is 4.44. The van der Waals surface area contributed by atoms with E-state index in [4.69, 9.17) is 0 Å². The third-order valence-electron chi connectivity index (χ3n) is 3.66. The number of hydrogen-bond acceptors (Lipinski definition) is 6. The van der Waals surface area contributed by atoms with E-state index in [1.54, 1.807) is 24.3 Å². The van der Waals surface area contributed by atoms with Crippen molar-refractivity contribution in [2.75, 3.05) is 17.7 Å². The van der Waals surface area contributed by atoms with Gasteiger partial charge in [-0.2, -0.15) is 0 Å². The van der Waals surface area contributed by atoms with Gasteiger partial charge in [0.25, 0.3) is 5.91 Å². The van der Waals surface area contributed by atoms with Crippen LogP contribution in [0.3, 0.4) is 0 Å². The van der Waals surface area contributed by atoms with Crippen LogP contribution in [0.1, 0.15) is 20.7 Å². The van der Waals surface area contributed by atoms with E-state index in [1.165, 1.54) is 19.5 Å². The number of ether oxygens (including phenoxy) is 1. The number of esters is 1. The molecule has 0 saturated carbocycles. The fraction of sp³-hybridized carbons (Fsp3) is 0.0526. The Morgan fingerprint density at radius 3 is 2.25 bits per heavy atom. The number of aromatic nitrogens is 2. The van der Waals surface area contributed by atoms with Crippen molar-refractivity contribution in [3.8, 4) is 0 Å². The largest absolute Gasteiger partial charge is 0.465 e. The van der Waals surface area contributed by atoms with Gasteiger partial charge in [-0.1, -0.05) is 0 Å². The monoisotopic (exact) mass is 384 g/mol. The maximum Gasteiger partial charge on any atom is 0.337 e. The Balaban J connectivity index is 1.65. The molecule has 9 heteroatoms. The standard InChI is InChI=1S/C19H14F2N4O3/c1-28-18(27)11-2-5-14(6-3-11)24-19-22-9-12(10-23-19)17(26)25-16-7-4-13(20)8-15(16)21/h2-10H,1H3,(H,25,26)(H,22,23,24). The quantitative estimate of drug-likeness (QED) is 0.654. The Morgan fingerprint density at radius 1 is 0.964 bits per heavy atom. The molecule has 142 valence electrons. The van der Waals surface area contributed by atoms with Gasteiger partial charge in [0.1, 0.15) is 11.6 Å². The van der Waals surface area contributed by atoms with Crippen molar-refractivity contribution in [1.82, 2.24) is 9.97 Å². The number of rotatable bonds is 5. The van der Waals surface area contributed by atoms with Crippen LogP contribution in [0.15, 0.2) is 54.9 Å². The smallest absolute Gasteiger partial charge is 0.337 e. The molecule has 0 aliphatic rings. The first-order chi connectivity index (χ1) is 13.5. The van der Waals surface area contributed by atoms with E-state index in [0.717, 1.165) is 12.1 Å². The second kappa shape index (κ2) is 8.21. The minimum Gasteiger partial charge on any atom is -0.465 e. The van der Waals surface area contributed by atoms with Crippen molar-refractivity contribution in [2.24, 2.45) is 0 Å². The number of nitrogens with one attached hydrogen (secondary N) is 2. The molecule has 0 spiro atoms. The van der Waals surface area contributed by atoms with Crippen LogP contribution in [0.4, 0.5) is 26.1 Å². The summed E-state index contributed by atoms with van der Waals surface area (Å²) in [5.74, 6) is -2.50. The molecule has 1 aromatic heterocycles. The van der Waals surface area contributed by atoms with Crippen molar-refractivity contribution in [3.05, 3.63) is 77.6 Å². The second-order valence-corrected chi connectivity index (χ2v) is 5.57. The van der Waals surface area contributed by atoms with Gasteiger partial charge in [0.15, 0.2) is 0 Å². The molecule has 2 aromatic carbocycles. The summed E-state index contributed by atoms with van der Waals surface area (Å²) in [6, 6.07) is 9.27. The number of halogens is 2. The molecule has 0 aliphatic heterocycles. The number of carbonyl (C=O) groups excluding carboxylic acids is 2. The molecule has 0 atom stereocenters. The molecule has 0 radical (unpaired) electrons. The van der Waals surface area contributed by atoms with E-state index in [-0.39, 0.29) is 17.2 Å². The maximum atomic E-state index is 13.6. The van der Waals surface area contributed by atoms with Gasteiger partial charge in [-0.15, -0.1) is 0 Å². The zero-order valence-corrected chi connectivity index (χ0v) is 14.6. The summed E-state index contributed by atoms with van der Waals surface area (Å²) >= 11 is 0. The average molecular weight is 384 g/mol. The zero-order chi connectivity index (χ0) is 20.1. The van der Waals surface area contributed by atoms with Crippen LogP contribution in [0, 0.1) is 11.6 Å². The minimum atomic E-state index is -0.886. The molecule has 2 N–H and O–H groups in total. The molecule has 0 unspecified atom stereocenters. The molecule has 3 rings (SSSR count). The molecular weight excluding hydrogens is 370 g/mol. The molecule has 0 aliphatic carbocycles. The van der Waals surface area contributed by atoms with E-state index in [9.17, 15) is 18.4 Å². The lowest BCUT2D eigenvalue weighted by molar-refractivity contribution is 0.0600. The fourth-order valence-electron chi connectivity index (χ4n) is 2.23. The third-order valence-corrected chi connectivity index (χ3v) is 3.66. The Morgan fingerprint density at radius 2 is 1.64 bits per heavy atom. The van der Waals surface area contributed by atoms with Gasteiger partial charge in [0, 0.05) is 24.1 Å². The lowest BCUT2D eigenvalue weighted by atomic mass is 10.2. The van der Waals surface area contributed by atoms with E-state index >= 15 is 0 Å². The van der Waals surface area contributed by atoms with Gasteiger partial charge in [0.05, 0.1) is 23.9 Å². The number of methoxy groups -OCH3 is 1. The first-order valence-corrected chi connectivity index (χ1v) is 8.00. The Labute approximate surface area is 158 Å².